The minimum Gasteiger partial charge on any atom is -0.456 e. The van der Waals surface area contributed by atoms with Crippen molar-refractivity contribution in [2.45, 2.75) is 0 Å². The molecule has 3 heterocycles. The van der Waals surface area contributed by atoms with Crippen molar-refractivity contribution in [2.75, 3.05) is 0 Å². The Morgan fingerprint density at radius 2 is 0.983 bits per heavy atom. The van der Waals surface area contributed by atoms with E-state index in [2.05, 4.69) is 182 Å². The van der Waals surface area contributed by atoms with Crippen molar-refractivity contribution in [1.82, 2.24) is 15.0 Å². The van der Waals surface area contributed by atoms with E-state index in [0.717, 1.165) is 82.4 Å². The van der Waals surface area contributed by atoms with Crippen LogP contribution in [0.1, 0.15) is 0 Å². The third kappa shape index (κ3) is 5.32. The molecule has 0 radical (unpaired) electrons. The van der Waals surface area contributed by atoms with Gasteiger partial charge in [-0.05, 0) is 80.2 Å². The smallest absolute Gasteiger partial charge is 0.165 e. The molecule has 0 aliphatic heterocycles. The Morgan fingerprint density at radius 3 is 1.84 bits per heavy atom. The molecule has 270 valence electrons. The molecule has 0 unspecified atom stereocenters. The molecule has 12 aromatic rings. The van der Waals surface area contributed by atoms with Crippen LogP contribution in [-0.2, 0) is 0 Å². The van der Waals surface area contributed by atoms with Gasteiger partial charge in [-0.15, -0.1) is 11.3 Å². The van der Waals surface area contributed by atoms with E-state index < -0.39 is 0 Å². The highest BCUT2D eigenvalue weighted by atomic mass is 32.1. The summed E-state index contributed by atoms with van der Waals surface area (Å²) >= 11 is 1.80. The molecule has 0 saturated carbocycles. The van der Waals surface area contributed by atoms with E-state index in [1.165, 1.54) is 20.2 Å². The monoisotopic (exact) mass is 757 g/mol. The summed E-state index contributed by atoms with van der Waals surface area (Å²) < 4.78 is 8.87. The molecule has 0 fully saturated rings. The maximum atomic E-state index is 6.43. The molecular formula is C53H31N3OS. The molecule has 0 aliphatic carbocycles. The van der Waals surface area contributed by atoms with Gasteiger partial charge >= 0.3 is 0 Å². The van der Waals surface area contributed by atoms with Gasteiger partial charge in [0.1, 0.15) is 11.2 Å². The molecule has 3 aromatic heterocycles. The number of benzene rings is 9. The highest BCUT2D eigenvalue weighted by Gasteiger charge is 2.21. The summed E-state index contributed by atoms with van der Waals surface area (Å²) in [7, 11) is 0. The molecule has 0 saturated heterocycles. The van der Waals surface area contributed by atoms with Crippen molar-refractivity contribution in [3.05, 3.63) is 188 Å². The Balaban J connectivity index is 1.11. The average molecular weight is 758 g/mol. The van der Waals surface area contributed by atoms with Crippen LogP contribution in [0.15, 0.2) is 192 Å². The molecule has 0 amide bonds. The third-order valence-electron chi connectivity index (χ3n) is 11.3. The summed E-state index contributed by atoms with van der Waals surface area (Å²) in [5.41, 5.74) is 9.01. The van der Waals surface area contributed by atoms with Gasteiger partial charge in [0.15, 0.2) is 17.5 Å². The number of rotatable bonds is 5. The Bertz CT molecular complexity index is 3570. The molecule has 58 heavy (non-hydrogen) atoms. The molecule has 12 rings (SSSR count). The minimum absolute atomic E-state index is 0.623. The maximum absolute atomic E-state index is 6.43. The topological polar surface area (TPSA) is 51.8 Å². The number of thiophene rings is 1. The largest absolute Gasteiger partial charge is 0.456 e. The fourth-order valence-corrected chi connectivity index (χ4v) is 9.66. The van der Waals surface area contributed by atoms with Crippen molar-refractivity contribution in [3.63, 3.8) is 0 Å². The summed E-state index contributed by atoms with van der Waals surface area (Å²) in [6, 6.07) is 66.3. The van der Waals surface area contributed by atoms with E-state index in [1.54, 1.807) is 11.3 Å². The van der Waals surface area contributed by atoms with E-state index in [4.69, 9.17) is 19.4 Å². The lowest BCUT2D eigenvalue weighted by Gasteiger charge is -2.15. The molecule has 0 bridgehead atoms. The molecule has 5 heteroatoms. The number of nitrogens with zero attached hydrogens (tertiary/aromatic N) is 3. The Kier molecular flexibility index (Phi) is 7.37. The lowest BCUT2D eigenvalue weighted by atomic mass is 9.92. The molecule has 0 spiro atoms. The average Bonchev–Trinajstić information content (AvgIpc) is 3.85. The second-order valence-corrected chi connectivity index (χ2v) is 15.8. The second kappa shape index (κ2) is 13.1. The van der Waals surface area contributed by atoms with Gasteiger partial charge in [-0.1, -0.05) is 152 Å². The van der Waals surface area contributed by atoms with Crippen LogP contribution < -0.4 is 0 Å². The fourth-order valence-electron chi connectivity index (χ4n) is 8.52. The SMILES string of the molecule is c1ccc(-c2ccc(-c3nc(-c4c(-c5ccc6oc7cc8ccccc8cc7c6c5)ccc5ccccc45)nc(-c4cccc5sc6ccccc6c45)n3)cc2)cc1. The lowest BCUT2D eigenvalue weighted by Crippen LogP contribution is -2.02. The molecule has 0 atom stereocenters. The van der Waals surface area contributed by atoms with E-state index in [1.807, 2.05) is 6.07 Å². The summed E-state index contributed by atoms with van der Waals surface area (Å²) in [5.74, 6) is 1.89. The standard InChI is InChI=1S/C53H31N3OS/c1-2-11-32(12-3-1)33-21-23-35(24-22-33)51-54-52(42-18-10-20-48-49(42)41-17-8-9-19-47(41)58-48)56-53(55-51)50-39-16-7-6-13-34(39)25-27-40(50)38-26-28-45-43(30-38)44-29-36-14-4-5-15-37(36)31-46(44)57-45/h1-31H. The number of aromatic nitrogens is 3. The van der Waals surface area contributed by atoms with E-state index in [0.29, 0.717) is 17.5 Å². The zero-order chi connectivity index (χ0) is 38.2. The Hall–Kier alpha value is -7.47. The quantitative estimate of drug-likeness (QED) is 0.175. The third-order valence-corrected chi connectivity index (χ3v) is 12.5. The van der Waals surface area contributed by atoms with Crippen molar-refractivity contribution < 1.29 is 4.42 Å². The van der Waals surface area contributed by atoms with Gasteiger partial charge in [-0.25, -0.2) is 15.0 Å². The maximum Gasteiger partial charge on any atom is 0.165 e. The molecule has 9 aromatic carbocycles. The summed E-state index contributed by atoms with van der Waals surface area (Å²) in [6.45, 7) is 0. The van der Waals surface area contributed by atoms with Crippen LogP contribution in [0.3, 0.4) is 0 Å². The predicted octanol–water partition coefficient (Wildman–Crippen LogP) is 14.8. The van der Waals surface area contributed by atoms with Crippen LogP contribution in [0.4, 0.5) is 0 Å². The van der Waals surface area contributed by atoms with Gasteiger partial charge in [0.05, 0.1) is 0 Å². The zero-order valence-electron chi connectivity index (χ0n) is 31.1. The van der Waals surface area contributed by atoms with E-state index in [-0.39, 0.29) is 0 Å². The van der Waals surface area contributed by atoms with Crippen LogP contribution in [0.2, 0.25) is 0 Å². The second-order valence-electron chi connectivity index (χ2n) is 14.7. The van der Waals surface area contributed by atoms with E-state index in [9.17, 15) is 0 Å². The first kappa shape index (κ1) is 32.7. The predicted molar refractivity (Wildman–Crippen MR) is 242 cm³/mol. The Labute approximate surface area is 337 Å². The van der Waals surface area contributed by atoms with Crippen LogP contribution in [-0.4, -0.2) is 15.0 Å². The summed E-state index contributed by atoms with van der Waals surface area (Å²) in [5, 5.41) is 9.07. The normalized spacial score (nSPS) is 11.8. The van der Waals surface area contributed by atoms with Crippen LogP contribution in [0, 0.1) is 0 Å². The number of fused-ring (bicyclic) bond motifs is 8. The van der Waals surface area contributed by atoms with Crippen LogP contribution in [0.5, 0.6) is 0 Å². The highest BCUT2D eigenvalue weighted by Crippen LogP contribution is 2.43. The van der Waals surface area contributed by atoms with Gasteiger partial charge in [0.2, 0.25) is 0 Å². The first-order chi connectivity index (χ1) is 28.7. The van der Waals surface area contributed by atoms with Crippen LogP contribution in [0.25, 0.3) is 120 Å². The van der Waals surface area contributed by atoms with Gasteiger partial charge in [-0.2, -0.15) is 0 Å². The van der Waals surface area contributed by atoms with Crippen molar-refractivity contribution in [1.29, 1.82) is 0 Å². The van der Waals surface area contributed by atoms with Crippen LogP contribution >= 0.6 is 11.3 Å². The number of hydrogen-bond donors (Lipinski definition) is 0. The van der Waals surface area contributed by atoms with E-state index >= 15 is 0 Å². The summed E-state index contributed by atoms with van der Waals surface area (Å²) in [6.07, 6.45) is 0. The van der Waals surface area contributed by atoms with Gasteiger partial charge in [0, 0.05) is 47.6 Å². The minimum atomic E-state index is 0.623. The fraction of sp³-hybridized carbons (Fsp3) is 0. The van der Waals surface area contributed by atoms with Gasteiger partial charge in [0.25, 0.3) is 0 Å². The van der Waals surface area contributed by atoms with Crippen molar-refractivity contribution in [3.8, 4) is 56.4 Å². The van der Waals surface area contributed by atoms with Crippen molar-refractivity contribution in [2.24, 2.45) is 0 Å². The Morgan fingerprint density at radius 1 is 0.345 bits per heavy atom. The number of furan rings is 1. The zero-order valence-corrected chi connectivity index (χ0v) is 31.9. The first-order valence-electron chi connectivity index (χ1n) is 19.4. The summed E-state index contributed by atoms with van der Waals surface area (Å²) in [4.78, 5) is 16.1. The number of hydrogen-bond acceptors (Lipinski definition) is 5. The van der Waals surface area contributed by atoms with Gasteiger partial charge < -0.3 is 4.42 Å². The molecule has 0 aliphatic rings. The molecule has 0 N–H and O–H groups in total. The molecular weight excluding hydrogens is 727 g/mol. The van der Waals surface area contributed by atoms with Gasteiger partial charge in [-0.3, -0.25) is 0 Å². The first-order valence-corrected chi connectivity index (χ1v) is 20.2. The lowest BCUT2D eigenvalue weighted by molar-refractivity contribution is 0.669. The highest BCUT2D eigenvalue weighted by molar-refractivity contribution is 7.25. The molecule has 4 nitrogen and oxygen atoms in total. The van der Waals surface area contributed by atoms with Crippen molar-refractivity contribution >= 4 is 75.0 Å².